The molecule has 0 amide bonds. The SMILES string of the molecule is CCCCCC=CC=CC1SCCCS1. The second kappa shape index (κ2) is 9.41. The zero-order valence-corrected chi connectivity index (χ0v) is 11.3. The number of hydrogen-bond acceptors (Lipinski definition) is 2. The lowest BCUT2D eigenvalue weighted by atomic mass is 10.2. The van der Waals surface area contributed by atoms with E-state index < -0.39 is 0 Å². The van der Waals surface area contributed by atoms with E-state index >= 15 is 0 Å². The molecule has 1 fully saturated rings. The molecule has 86 valence electrons. The predicted octanol–water partition coefficient (Wildman–Crippen LogP) is 4.88. The van der Waals surface area contributed by atoms with Gasteiger partial charge in [0.2, 0.25) is 0 Å². The molecule has 1 heterocycles. The molecular weight excluding hydrogens is 220 g/mol. The van der Waals surface area contributed by atoms with Crippen LogP contribution in [0, 0.1) is 0 Å². The lowest BCUT2D eigenvalue weighted by Crippen LogP contribution is -2.02. The molecule has 0 bridgehead atoms. The van der Waals surface area contributed by atoms with Crippen LogP contribution >= 0.6 is 23.5 Å². The van der Waals surface area contributed by atoms with E-state index in [9.17, 15) is 0 Å². The molecule has 0 atom stereocenters. The Balaban J connectivity index is 2.04. The molecule has 0 aromatic heterocycles. The molecule has 0 spiro atoms. The number of rotatable bonds is 6. The van der Waals surface area contributed by atoms with Crippen molar-refractivity contribution in [2.45, 2.75) is 43.6 Å². The molecular formula is C13H22S2. The Bertz CT molecular complexity index is 191. The van der Waals surface area contributed by atoms with E-state index in [1.165, 1.54) is 43.6 Å². The third kappa shape index (κ3) is 7.13. The summed E-state index contributed by atoms with van der Waals surface area (Å²) in [4.78, 5) is 0. The highest BCUT2D eigenvalue weighted by Gasteiger charge is 2.09. The third-order valence-electron chi connectivity index (χ3n) is 2.34. The molecule has 1 aliphatic heterocycles. The van der Waals surface area contributed by atoms with E-state index in [0.29, 0.717) is 4.58 Å². The first-order valence-corrected chi connectivity index (χ1v) is 8.09. The van der Waals surface area contributed by atoms with Gasteiger partial charge in [0, 0.05) is 0 Å². The van der Waals surface area contributed by atoms with Crippen molar-refractivity contribution in [1.82, 2.24) is 0 Å². The summed E-state index contributed by atoms with van der Waals surface area (Å²) < 4.78 is 0.707. The Labute approximate surface area is 103 Å². The molecule has 0 saturated carbocycles. The van der Waals surface area contributed by atoms with E-state index in [0.717, 1.165) is 0 Å². The lowest BCUT2D eigenvalue weighted by molar-refractivity contribution is 0.729. The van der Waals surface area contributed by atoms with Crippen LogP contribution in [-0.2, 0) is 0 Å². The van der Waals surface area contributed by atoms with Crippen LogP contribution in [0.2, 0.25) is 0 Å². The largest absolute Gasteiger partial charge is 0.143 e. The summed E-state index contributed by atoms with van der Waals surface area (Å²) in [5, 5.41) is 0. The van der Waals surface area contributed by atoms with Crippen LogP contribution in [0.3, 0.4) is 0 Å². The second-order valence-electron chi connectivity index (χ2n) is 3.77. The van der Waals surface area contributed by atoms with Gasteiger partial charge in [-0.05, 0) is 30.8 Å². The van der Waals surface area contributed by atoms with E-state index in [1.54, 1.807) is 0 Å². The Morgan fingerprint density at radius 1 is 1.13 bits per heavy atom. The van der Waals surface area contributed by atoms with Gasteiger partial charge >= 0.3 is 0 Å². The fourth-order valence-corrected chi connectivity index (χ4v) is 4.09. The van der Waals surface area contributed by atoms with Gasteiger partial charge in [0.05, 0.1) is 4.58 Å². The topological polar surface area (TPSA) is 0 Å². The van der Waals surface area contributed by atoms with Crippen molar-refractivity contribution in [3.63, 3.8) is 0 Å². The number of unbranched alkanes of at least 4 members (excludes halogenated alkanes) is 3. The zero-order chi connectivity index (χ0) is 10.8. The summed E-state index contributed by atoms with van der Waals surface area (Å²) in [6, 6.07) is 0. The molecule has 0 radical (unpaired) electrons. The quantitative estimate of drug-likeness (QED) is 0.481. The standard InChI is InChI=1S/C13H22S2/c1-2-3-4-5-6-7-8-10-13-14-11-9-12-15-13/h6-8,10,13H,2-5,9,11-12H2,1H3. The average Bonchev–Trinajstić information content (AvgIpc) is 2.29. The van der Waals surface area contributed by atoms with Crippen LogP contribution in [0.25, 0.3) is 0 Å². The van der Waals surface area contributed by atoms with Crippen molar-refractivity contribution >= 4 is 23.5 Å². The monoisotopic (exact) mass is 242 g/mol. The highest BCUT2D eigenvalue weighted by molar-refractivity contribution is 8.17. The molecule has 1 aliphatic rings. The molecule has 15 heavy (non-hydrogen) atoms. The van der Waals surface area contributed by atoms with Crippen LogP contribution < -0.4 is 0 Å². The van der Waals surface area contributed by atoms with Gasteiger partial charge < -0.3 is 0 Å². The molecule has 1 saturated heterocycles. The lowest BCUT2D eigenvalue weighted by Gasteiger charge is -2.16. The average molecular weight is 242 g/mol. The van der Waals surface area contributed by atoms with Gasteiger partial charge in [-0.15, -0.1) is 23.5 Å². The maximum absolute atomic E-state index is 2.34. The van der Waals surface area contributed by atoms with Gasteiger partial charge in [0.25, 0.3) is 0 Å². The van der Waals surface area contributed by atoms with E-state index in [2.05, 4.69) is 54.8 Å². The van der Waals surface area contributed by atoms with Gasteiger partial charge in [-0.1, -0.05) is 44.1 Å². The summed E-state index contributed by atoms with van der Waals surface area (Å²) in [5.41, 5.74) is 0. The number of hydrogen-bond donors (Lipinski definition) is 0. The van der Waals surface area contributed by atoms with Crippen molar-refractivity contribution in [2.75, 3.05) is 11.5 Å². The maximum atomic E-state index is 2.34. The van der Waals surface area contributed by atoms with Crippen molar-refractivity contribution in [1.29, 1.82) is 0 Å². The summed E-state index contributed by atoms with van der Waals surface area (Å²) in [6.45, 7) is 2.25. The van der Waals surface area contributed by atoms with Gasteiger partial charge in [-0.3, -0.25) is 0 Å². The Hall–Kier alpha value is 0.180. The van der Waals surface area contributed by atoms with Gasteiger partial charge in [0.15, 0.2) is 0 Å². The molecule has 0 N–H and O–H groups in total. The predicted molar refractivity (Wildman–Crippen MR) is 75.7 cm³/mol. The minimum Gasteiger partial charge on any atom is -0.143 e. The van der Waals surface area contributed by atoms with E-state index in [4.69, 9.17) is 0 Å². The fraction of sp³-hybridized carbons (Fsp3) is 0.692. The van der Waals surface area contributed by atoms with Crippen LogP contribution in [0.5, 0.6) is 0 Å². The normalized spacial score (nSPS) is 19.3. The van der Waals surface area contributed by atoms with E-state index in [1.807, 2.05) is 0 Å². The van der Waals surface area contributed by atoms with Crippen molar-refractivity contribution in [3.05, 3.63) is 24.3 Å². The molecule has 0 aliphatic carbocycles. The minimum atomic E-state index is 0.707. The second-order valence-corrected chi connectivity index (χ2v) is 6.57. The summed E-state index contributed by atoms with van der Waals surface area (Å²) in [7, 11) is 0. The van der Waals surface area contributed by atoms with Crippen molar-refractivity contribution in [2.24, 2.45) is 0 Å². The molecule has 2 heteroatoms. The first-order chi connectivity index (χ1) is 7.43. The summed E-state index contributed by atoms with van der Waals surface area (Å²) >= 11 is 4.15. The third-order valence-corrected chi connectivity index (χ3v) is 5.18. The summed E-state index contributed by atoms with van der Waals surface area (Å²) in [6.07, 6.45) is 15.7. The molecule has 0 nitrogen and oxygen atoms in total. The smallest absolute Gasteiger partial charge is 0.0685 e. The van der Waals surface area contributed by atoms with Crippen LogP contribution in [0.4, 0.5) is 0 Å². The first-order valence-electron chi connectivity index (χ1n) is 6.00. The Kier molecular flexibility index (Phi) is 8.31. The Morgan fingerprint density at radius 2 is 1.93 bits per heavy atom. The fourth-order valence-electron chi connectivity index (χ4n) is 1.46. The maximum Gasteiger partial charge on any atom is 0.0685 e. The van der Waals surface area contributed by atoms with Gasteiger partial charge in [0.1, 0.15) is 0 Å². The highest BCUT2D eigenvalue weighted by atomic mass is 32.2. The van der Waals surface area contributed by atoms with Crippen molar-refractivity contribution in [3.8, 4) is 0 Å². The van der Waals surface area contributed by atoms with E-state index in [-0.39, 0.29) is 0 Å². The minimum absolute atomic E-state index is 0.707. The zero-order valence-electron chi connectivity index (χ0n) is 9.65. The first kappa shape index (κ1) is 13.2. The molecule has 0 aromatic rings. The van der Waals surface area contributed by atoms with Crippen LogP contribution in [0.1, 0.15) is 39.0 Å². The molecule has 0 unspecified atom stereocenters. The van der Waals surface area contributed by atoms with Gasteiger partial charge in [-0.2, -0.15) is 0 Å². The van der Waals surface area contributed by atoms with Gasteiger partial charge in [-0.25, -0.2) is 0 Å². The number of thioether (sulfide) groups is 2. The highest BCUT2D eigenvalue weighted by Crippen LogP contribution is 2.31. The van der Waals surface area contributed by atoms with Crippen molar-refractivity contribution < 1.29 is 0 Å². The Morgan fingerprint density at radius 3 is 2.67 bits per heavy atom. The summed E-state index contributed by atoms with van der Waals surface area (Å²) in [5.74, 6) is 2.67. The van der Waals surface area contributed by atoms with Crippen LogP contribution in [0.15, 0.2) is 24.3 Å². The van der Waals surface area contributed by atoms with Crippen LogP contribution in [-0.4, -0.2) is 16.1 Å². The molecule has 0 aromatic carbocycles. The number of allylic oxidation sites excluding steroid dienone is 3. The molecule has 1 rings (SSSR count).